The summed E-state index contributed by atoms with van der Waals surface area (Å²) < 4.78 is 37.1. The standard InChI is InChI=1S/C21H22ClN3O4S/c1-4-21(2,3)25-20(24-15-7-10-17-18(11-15)29-13-28-17)19(12-23)30(26,27)16-8-5-14(22)6-9-16/h5-11,24-25H,4,13H2,1-3H3. The Morgan fingerprint density at radius 3 is 2.47 bits per heavy atom. The fraction of sp³-hybridized carbons (Fsp3) is 0.286. The number of nitrogens with zero attached hydrogens (tertiary/aromatic N) is 1. The van der Waals surface area contributed by atoms with Gasteiger partial charge in [0.2, 0.25) is 16.6 Å². The zero-order chi connectivity index (χ0) is 21.9. The van der Waals surface area contributed by atoms with Crippen LogP contribution in [-0.4, -0.2) is 20.7 Å². The van der Waals surface area contributed by atoms with E-state index in [4.69, 9.17) is 21.1 Å². The summed E-state index contributed by atoms with van der Waals surface area (Å²) in [4.78, 5) is -0.450. The number of fused-ring (bicyclic) bond motifs is 1. The highest BCUT2D eigenvalue weighted by Crippen LogP contribution is 2.35. The van der Waals surface area contributed by atoms with Gasteiger partial charge in [0.25, 0.3) is 0 Å². The summed E-state index contributed by atoms with van der Waals surface area (Å²) in [6.45, 7) is 5.92. The number of anilines is 1. The number of hydrogen-bond acceptors (Lipinski definition) is 7. The van der Waals surface area contributed by atoms with E-state index in [2.05, 4.69) is 10.6 Å². The van der Waals surface area contributed by atoms with E-state index in [1.165, 1.54) is 24.3 Å². The van der Waals surface area contributed by atoms with E-state index in [9.17, 15) is 13.7 Å². The first-order valence-corrected chi connectivity index (χ1v) is 11.1. The van der Waals surface area contributed by atoms with Crippen LogP contribution in [0.2, 0.25) is 5.02 Å². The van der Waals surface area contributed by atoms with E-state index in [1.807, 2.05) is 26.8 Å². The molecule has 0 unspecified atom stereocenters. The molecule has 0 aromatic heterocycles. The van der Waals surface area contributed by atoms with Crippen LogP contribution in [-0.2, 0) is 9.84 Å². The summed E-state index contributed by atoms with van der Waals surface area (Å²) in [6, 6.07) is 12.7. The Bertz CT molecular complexity index is 1120. The second-order valence-electron chi connectivity index (χ2n) is 7.33. The van der Waals surface area contributed by atoms with Gasteiger partial charge in [-0.1, -0.05) is 18.5 Å². The Balaban J connectivity index is 2.09. The van der Waals surface area contributed by atoms with Crippen molar-refractivity contribution in [2.24, 2.45) is 0 Å². The molecule has 0 amide bonds. The minimum atomic E-state index is -4.10. The predicted octanol–water partition coefficient (Wildman–Crippen LogP) is 4.43. The van der Waals surface area contributed by atoms with E-state index < -0.39 is 20.3 Å². The summed E-state index contributed by atoms with van der Waals surface area (Å²) >= 11 is 5.88. The number of halogens is 1. The first kappa shape index (κ1) is 21.8. The lowest BCUT2D eigenvalue weighted by Crippen LogP contribution is -2.41. The van der Waals surface area contributed by atoms with Crippen LogP contribution in [0.15, 0.2) is 58.1 Å². The number of nitrogens with one attached hydrogen (secondary N) is 2. The molecule has 1 heterocycles. The molecule has 0 bridgehead atoms. The van der Waals surface area contributed by atoms with Crippen molar-refractivity contribution in [2.45, 2.75) is 37.6 Å². The lowest BCUT2D eigenvalue weighted by molar-refractivity contribution is 0.174. The van der Waals surface area contributed by atoms with Crippen molar-refractivity contribution in [3.63, 3.8) is 0 Å². The lowest BCUT2D eigenvalue weighted by Gasteiger charge is -2.29. The average molecular weight is 448 g/mol. The van der Waals surface area contributed by atoms with Crippen molar-refractivity contribution in [1.29, 1.82) is 5.26 Å². The molecule has 2 aromatic carbocycles. The van der Waals surface area contributed by atoms with E-state index >= 15 is 0 Å². The fourth-order valence-electron chi connectivity index (χ4n) is 2.67. The predicted molar refractivity (Wildman–Crippen MR) is 115 cm³/mol. The van der Waals surface area contributed by atoms with Gasteiger partial charge in [0.1, 0.15) is 11.9 Å². The molecule has 2 N–H and O–H groups in total. The van der Waals surface area contributed by atoms with Gasteiger partial charge < -0.3 is 20.1 Å². The molecule has 158 valence electrons. The number of sulfone groups is 1. The topological polar surface area (TPSA) is 100 Å². The van der Waals surface area contributed by atoms with Crippen molar-refractivity contribution >= 4 is 27.1 Å². The molecular weight excluding hydrogens is 426 g/mol. The summed E-state index contributed by atoms with van der Waals surface area (Å²) in [7, 11) is -4.10. The van der Waals surface area contributed by atoms with Gasteiger partial charge in [-0.25, -0.2) is 8.42 Å². The molecule has 30 heavy (non-hydrogen) atoms. The largest absolute Gasteiger partial charge is 0.454 e. The third kappa shape index (κ3) is 4.64. The maximum absolute atomic E-state index is 13.2. The summed E-state index contributed by atoms with van der Waals surface area (Å²) in [5.41, 5.74) is 0.0729. The summed E-state index contributed by atoms with van der Waals surface area (Å²) in [5.74, 6) is 1.22. The molecule has 0 atom stereocenters. The Morgan fingerprint density at radius 1 is 1.17 bits per heavy atom. The highest BCUT2D eigenvalue weighted by molar-refractivity contribution is 7.95. The van der Waals surface area contributed by atoms with Gasteiger partial charge in [0.05, 0.1) is 4.90 Å². The van der Waals surface area contributed by atoms with E-state index in [0.717, 1.165) is 0 Å². The number of ether oxygens (including phenoxy) is 2. The molecule has 1 aliphatic heterocycles. The van der Waals surface area contributed by atoms with Crippen LogP contribution in [0.25, 0.3) is 0 Å². The quantitative estimate of drug-likeness (QED) is 0.605. The Hall–Kier alpha value is -2.89. The molecule has 0 fully saturated rings. The zero-order valence-corrected chi connectivity index (χ0v) is 18.4. The molecule has 9 heteroatoms. The van der Waals surface area contributed by atoms with Crippen molar-refractivity contribution in [2.75, 3.05) is 12.1 Å². The molecule has 3 rings (SSSR count). The second-order valence-corrected chi connectivity index (χ2v) is 9.65. The number of rotatable bonds is 7. The first-order valence-electron chi connectivity index (χ1n) is 9.26. The molecule has 7 nitrogen and oxygen atoms in total. The second kappa shape index (κ2) is 8.46. The maximum Gasteiger partial charge on any atom is 0.231 e. The fourth-order valence-corrected chi connectivity index (χ4v) is 4.02. The molecule has 0 saturated heterocycles. The van der Waals surface area contributed by atoms with Gasteiger partial charge in [-0.05, 0) is 56.7 Å². The van der Waals surface area contributed by atoms with Crippen molar-refractivity contribution < 1.29 is 17.9 Å². The van der Waals surface area contributed by atoms with Crippen molar-refractivity contribution in [3.05, 3.63) is 58.2 Å². The number of nitriles is 1. The van der Waals surface area contributed by atoms with E-state index in [-0.39, 0.29) is 17.5 Å². The SMILES string of the molecule is CCC(C)(C)NC(Nc1ccc2c(c1)OCO2)=C(C#N)S(=O)(=O)c1ccc(Cl)cc1. The third-order valence-corrected chi connectivity index (χ3v) is 6.69. The van der Waals surface area contributed by atoms with Crippen LogP contribution < -0.4 is 20.1 Å². The molecule has 0 radical (unpaired) electrons. The van der Waals surface area contributed by atoms with Gasteiger partial charge in [0, 0.05) is 22.3 Å². The molecule has 2 aromatic rings. The van der Waals surface area contributed by atoms with Gasteiger partial charge in [-0.3, -0.25) is 0 Å². The van der Waals surface area contributed by atoms with E-state index in [1.54, 1.807) is 18.2 Å². The number of allylic oxidation sites excluding steroid dienone is 1. The lowest BCUT2D eigenvalue weighted by atomic mass is 10.0. The summed E-state index contributed by atoms with van der Waals surface area (Å²) in [6.07, 6.45) is 0.693. The Labute approximate surface area is 181 Å². The molecule has 1 aliphatic rings. The zero-order valence-electron chi connectivity index (χ0n) is 16.8. The number of hydrogen-bond donors (Lipinski definition) is 2. The van der Waals surface area contributed by atoms with Gasteiger partial charge >= 0.3 is 0 Å². The normalized spacial score (nSPS) is 14.0. The average Bonchev–Trinajstić information content (AvgIpc) is 3.16. The third-order valence-electron chi connectivity index (χ3n) is 4.71. The van der Waals surface area contributed by atoms with Crippen molar-refractivity contribution in [1.82, 2.24) is 5.32 Å². The van der Waals surface area contributed by atoms with Crippen molar-refractivity contribution in [3.8, 4) is 17.6 Å². The molecule has 0 spiro atoms. The van der Waals surface area contributed by atoms with Gasteiger partial charge in [-0.2, -0.15) is 5.26 Å². The van der Waals surface area contributed by atoms with Gasteiger partial charge in [0.15, 0.2) is 16.4 Å². The van der Waals surface area contributed by atoms with Crippen LogP contribution in [0.3, 0.4) is 0 Å². The number of benzene rings is 2. The highest BCUT2D eigenvalue weighted by atomic mass is 35.5. The monoisotopic (exact) mass is 447 g/mol. The van der Waals surface area contributed by atoms with E-state index in [0.29, 0.717) is 28.6 Å². The maximum atomic E-state index is 13.2. The Kier molecular flexibility index (Phi) is 6.15. The van der Waals surface area contributed by atoms with Crippen LogP contribution in [0, 0.1) is 11.3 Å². The van der Waals surface area contributed by atoms with Crippen LogP contribution in [0.5, 0.6) is 11.5 Å². The smallest absolute Gasteiger partial charge is 0.231 e. The molecule has 0 aliphatic carbocycles. The minimum absolute atomic E-state index is 0.0236. The summed E-state index contributed by atoms with van der Waals surface area (Å²) in [5, 5.41) is 16.4. The van der Waals surface area contributed by atoms with Crippen LogP contribution in [0.4, 0.5) is 5.69 Å². The highest BCUT2D eigenvalue weighted by Gasteiger charge is 2.28. The van der Waals surface area contributed by atoms with Gasteiger partial charge in [-0.15, -0.1) is 0 Å². The molecule has 0 saturated carbocycles. The van der Waals surface area contributed by atoms with Crippen LogP contribution in [0.1, 0.15) is 27.2 Å². The molecular formula is C21H22ClN3O4S. The Morgan fingerprint density at radius 2 is 1.83 bits per heavy atom. The van der Waals surface area contributed by atoms with Crippen LogP contribution >= 0.6 is 11.6 Å². The minimum Gasteiger partial charge on any atom is -0.454 e. The first-order chi connectivity index (χ1) is 14.2.